The van der Waals surface area contributed by atoms with Gasteiger partial charge >= 0.3 is 6.18 Å². The molecule has 2 N–H and O–H groups in total. The molecule has 0 aliphatic rings. The number of nitrogens with one attached hydrogen (secondary N) is 2. The van der Waals surface area contributed by atoms with Gasteiger partial charge in [0.1, 0.15) is 0 Å². The van der Waals surface area contributed by atoms with Crippen LogP contribution < -0.4 is 10.6 Å². The summed E-state index contributed by atoms with van der Waals surface area (Å²) in [4.78, 5) is 0. The number of hydrogen-bond acceptors (Lipinski definition) is 2. The standard InChI is InChI=1S/C16H18BrF3N4S/c1-10-5-3-6-12(9-10)22-15(25)21-7-4-8-24-11(2)13(17)14(23-24)16(18,19)20/h3,5-6,9H,4,7-8H2,1-2H3,(H2,21,22,25). The van der Waals surface area contributed by atoms with E-state index in [1.54, 1.807) is 6.92 Å². The van der Waals surface area contributed by atoms with E-state index in [4.69, 9.17) is 12.2 Å². The van der Waals surface area contributed by atoms with Crippen molar-refractivity contribution in [1.29, 1.82) is 0 Å². The molecular formula is C16H18BrF3N4S. The summed E-state index contributed by atoms with van der Waals surface area (Å²) in [6.45, 7) is 4.47. The first-order valence-electron chi connectivity index (χ1n) is 7.60. The highest BCUT2D eigenvalue weighted by Gasteiger charge is 2.37. The van der Waals surface area contributed by atoms with E-state index in [1.165, 1.54) is 4.68 Å². The quantitative estimate of drug-likeness (QED) is 0.530. The van der Waals surface area contributed by atoms with E-state index in [2.05, 4.69) is 31.7 Å². The van der Waals surface area contributed by atoms with Crippen LogP contribution in [0.3, 0.4) is 0 Å². The van der Waals surface area contributed by atoms with Gasteiger partial charge in [0.15, 0.2) is 10.8 Å². The average molecular weight is 435 g/mol. The lowest BCUT2D eigenvalue weighted by molar-refractivity contribution is -0.142. The Labute approximate surface area is 157 Å². The summed E-state index contributed by atoms with van der Waals surface area (Å²) in [5.41, 5.74) is 1.56. The fraction of sp³-hybridized carbons (Fsp3) is 0.375. The Balaban J connectivity index is 1.82. The maximum Gasteiger partial charge on any atom is 0.436 e. The Kier molecular flexibility index (Phi) is 6.45. The minimum absolute atomic E-state index is 0.00964. The highest BCUT2D eigenvalue weighted by Crippen LogP contribution is 2.35. The van der Waals surface area contributed by atoms with E-state index in [0.29, 0.717) is 30.3 Å². The number of anilines is 1. The highest BCUT2D eigenvalue weighted by molar-refractivity contribution is 9.10. The van der Waals surface area contributed by atoms with Crippen LogP contribution in [-0.4, -0.2) is 21.4 Å². The molecule has 0 aliphatic carbocycles. The van der Waals surface area contributed by atoms with Gasteiger partial charge in [-0.25, -0.2) is 0 Å². The van der Waals surface area contributed by atoms with Crippen LogP contribution in [0.4, 0.5) is 18.9 Å². The highest BCUT2D eigenvalue weighted by atomic mass is 79.9. The van der Waals surface area contributed by atoms with Crippen molar-refractivity contribution in [3.63, 3.8) is 0 Å². The van der Waals surface area contributed by atoms with Crippen LogP contribution in [0, 0.1) is 13.8 Å². The van der Waals surface area contributed by atoms with Crippen molar-refractivity contribution in [2.75, 3.05) is 11.9 Å². The minimum Gasteiger partial charge on any atom is -0.362 e. The minimum atomic E-state index is -4.47. The normalized spacial score (nSPS) is 11.4. The molecule has 2 aromatic rings. The average Bonchev–Trinajstić information content (AvgIpc) is 2.80. The lowest BCUT2D eigenvalue weighted by atomic mass is 10.2. The number of nitrogens with zero attached hydrogens (tertiary/aromatic N) is 2. The zero-order chi connectivity index (χ0) is 18.6. The monoisotopic (exact) mass is 434 g/mol. The van der Waals surface area contributed by atoms with Gasteiger partial charge in [-0.1, -0.05) is 12.1 Å². The first-order valence-corrected chi connectivity index (χ1v) is 8.80. The van der Waals surface area contributed by atoms with Crippen molar-refractivity contribution >= 4 is 38.9 Å². The summed E-state index contributed by atoms with van der Waals surface area (Å²) in [5, 5.41) is 10.2. The van der Waals surface area contributed by atoms with E-state index >= 15 is 0 Å². The zero-order valence-corrected chi connectivity index (χ0v) is 16.1. The SMILES string of the molecule is Cc1cccc(NC(=S)NCCCn2nc(C(F)(F)F)c(Br)c2C)c1. The first kappa shape index (κ1) is 19.7. The first-order chi connectivity index (χ1) is 11.7. The Morgan fingerprint density at radius 1 is 1.32 bits per heavy atom. The van der Waals surface area contributed by atoms with Crippen LogP contribution in [0.5, 0.6) is 0 Å². The van der Waals surface area contributed by atoms with Gasteiger partial charge in [-0.3, -0.25) is 4.68 Å². The smallest absolute Gasteiger partial charge is 0.362 e. The molecule has 25 heavy (non-hydrogen) atoms. The molecule has 4 nitrogen and oxygen atoms in total. The molecule has 0 saturated carbocycles. The Morgan fingerprint density at radius 2 is 2.04 bits per heavy atom. The fourth-order valence-corrected chi connectivity index (χ4v) is 2.98. The predicted molar refractivity (Wildman–Crippen MR) is 99.7 cm³/mol. The number of rotatable bonds is 5. The molecule has 9 heteroatoms. The van der Waals surface area contributed by atoms with Gasteiger partial charge in [-0.15, -0.1) is 0 Å². The lowest BCUT2D eigenvalue weighted by Gasteiger charge is -2.11. The van der Waals surface area contributed by atoms with Crippen LogP contribution in [0.25, 0.3) is 0 Å². The molecule has 0 atom stereocenters. The molecule has 1 aromatic carbocycles. The van der Waals surface area contributed by atoms with Gasteiger partial charge in [0.25, 0.3) is 0 Å². The van der Waals surface area contributed by atoms with Crippen molar-refractivity contribution in [3.05, 3.63) is 45.7 Å². The summed E-state index contributed by atoms with van der Waals surface area (Å²) in [6.07, 6.45) is -3.88. The van der Waals surface area contributed by atoms with Crippen molar-refractivity contribution in [2.45, 2.75) is 33.0 Å². The molecule has 136 valence electrons. The maximum atomic E-state index is 12.8. The van der Waals surface area contributed by atoms with Gasteiger partial charge in [0.2, 0.25) is 0 Å². The van der Waals surface area contributed by atoms with Crippen LogP contribution in [0.1, 0.15) is 23.4 Å². The van der Waals surface area contributed by atoms with Crippen LogP contribution in [-0.2, 0) is 12.7 Å². The molecule has 0 unspecified atom stereocenters. The second-order valence-electron chi connectivity index (χ2n) is 5.57. The van der Waals surface area contributed by atoms with E-state index < -0.39 is 11.9 Å². The van der Waals surface area contributed by atoms with Crippen LogP contribution in [0.15, 0.2) is 28.7 Å². The third kappa shape index (κ3) is 5.43. The molecule has 1 heterocycles. The molecule has 0 radical (unpaired) electrons. The lowest BCUT2D eigenvalue weighted by Crippen LogP contribution is -2.29. The van der Waals surface area contributed by atoms with Gasteiger partial charge in [0.05, 0.1) is 10.2 Å². The summed E-state index contributed by atoms with van der Waals surface area (Å²) in [7, 11) is 0. The zero-order valence-electron chi connectivity index (χ0n) is 13.7. The van der Waals surface area contributed by atoms with Gasteiger partial charge in [-0.05, 0) is 66.1 Å². The number of hydrogen-bond donors (Lipinski definition) is 2. The molecule has 2 rings (SSSR count). The molecule has 0 aliphatic heterocycles. The van der Waals surface area contributed by atoms with Crippen molar-refractivity contribution in [3.8, 4) is 0 Å². The summed E-state index contributed by atoms with van der Waals surface area (Å²) >= 11 is 8.17. The van der Waals surface area contributed by atoms with Crippen molar-refractivity contribution in [1.82, 2.24) is 15.1 Å². The van der Waals surface area contributed by atoms with E-state index in [-0.39, 0.29) is 4.47 Å². The Hall–Kier alpha value is -1.61. The van der Waals surface area contributed by atoms with Gasteiger partial charge in [0, 0.05) is 18.8 Å². The van der Waals surface area contributed by atoms with Crippen LogP contribution in [0.2, 0.25) is 0 Å². The van der Waals surface area contributed by atoms with Gasteiger partial charge in [-0.2, -0.15) is 18.3 Å². The number of benzene rings is 1. The van der Waals surface area contributed by atoms with E-state index in [1.807, 2.05) is 31.2 Å². The molecule has 1 aromatic heterocycles. The summed E-state index contributed by atoms with van der Waals surface area (Å²) in [6, 6.07) is 7.79. The Morgan fingerprint density at radius 3 is 2.64 bits per heavy atom. The van der Waals surface area contributed by atoms with Crippen molar-refractivity contribution < 1.29 is 13.2 Å². The molecule has 0 spiro atoms. The second kappa shape index (κ2) is 8.18. The number of aromatic nitrogens is 2. The van der Waals surface area contributed by atoms with Crippen molar-refractivity contribution in [2.24, 2.45) is 0 Å². The number of thiocarbonyl (C=S) groups is 1. The predicted octanol–water partition coefficient (Wildman–Crippen LogP) is 4.66. The number of aryl methyl sites for hydroxylation is 2. The molecule has 0 saturated heterocycles. The van der Waals surface area contributed by atoms with Gasteiger partial charge < -0.3 is 10.6 Å². The fourth-order valence-electron chi connectivity index (χ4n) is 2.25. The largest absolute Gasteiger partial charge is 0.436 e. The third-order valence-corrected chi connectivity index (χ3v) is 4.71. The Bertz CT molecular complexity index is 758. The number of alkyl halides is 3. The molecule has 0 bridgehead atoms. The topological polar surface area (TPSA) is 41.9 Å². The molecule has 0 amide bonds. The number of halogens is 4. The summed E-state index contributed by atoms with van der Waals surface area (Å²) < 4.78 is 39.8. The van der Waals surface area contributed by atoms with E-state index in [9.17, 15) is 13.2 Å². The van der Waals surface area contributed by atoms with E-state index in [0.717, 1.165) is 11.3 Å². The third-order valence-electron chi connectivity index (χ3n) is 3.51. The maximum absolute atomic E-state index is 12.8. The van der Waals surface area contributed by atoms with Crippen LogP contribution >= 0.6 is 28.1 Å². The second-order valence-corrected chi connectivity index (χ2v) is 6.77. The molecular weight excluding hydrogens is 417 g/mol. The summed E-state index contributed by atoms with van der Waals surface area (Å²) in [5.74, 6) is 0. The molecule has 0 fully saturated rings.